The van der Waals surface area contributed by atoms with Gasteiger partial charge >= 0.3 is 5.97 Å². The Morgan fingerprint density at radius 3 is 2.69 bits per heavy atom. The van der Waals surface area contributed by atoms with Gasteiger partial charge in [-0.15, -0.1) is 0 Å². The molecular weight excluding hydrogens is 418 g/mol. The molecule has 1 aromatic carbocycles. The standard InChI is InChI=1S/C21H23N5O6/c1-30-14(27)9-8-13-17(31-2)16(28)21(32-13)26-11-24-15-18(22-10-23-19(15)26)25-20(29)12-6-4-3-5-7-12/h3-7,10-11,13,16-17,21,28H,8-9H2,1-2H3,(H,22,23,25,29). The van der Waals surface area contributed by atoms with Crippen LogP contribution in [0.4, 0.5) is 5.82 Å². The van der Waals surface area contributed by atoms with Crippen LogP contribution >= 0.6 is 0 Å². The molecule has 4 rings (SSSR count). The van der Waals surface area contributed by atoms with Gasteiger partial charge in [0.25, 0.3) is 5.91 Å². The van der Waals surface area contributed by atoms with E-state index in [1.54, 1.807) is 28.8 Å². The number of imidazole rings is 1. The summed E-state index contributed by atoms with van der Waals surface area (Å²) in [5, 5.41) is 13.5. The molecule has 1 saturated heterocycles. The van der Waals surface area contributed by atoms with E-state index in [0.29, 0.717) is 23.1 Å². The van der Waals surface area contributed by atoms with Crippen LogP contribution in [0.5, 0.6) is 0 Å². The minimum atomic E-state index is -1.03. The molecule has 168 valence electrons. The van der Waals surface area contributed by atoms with Crippen molar-refractivity contribution in [1.82, 2.24) is 19.5 Å². The number of esters is 1. The summed E-state index contributed by atoms with van der Waals surface area (Å²) in [6.45, 7) is 0. The number of benzene rings is 1. The summed E-state index contributed by atoms with van der Waals surface area (Å²) in [4.78, 5) is 36.8. The van der Waals surface area contributed by atoms with Crippen LogP contribution in [0.3, 0.4) is 0 Å². The number of methoxy groups -OCH3 is 2. The fourth-order valence-electron chi connectivity index (χ4n) is 3.73. The van der Waals surface area contributed by atoms with E-state index in [2.05, 4.69) is 25.0 Å². The highest BCUT2D eigenvalue weighted by Gasteiger charge is 2.45. The van der Waals surface area contributed by atoms with Gasteiger partial charge in [0.05, 0.1) is 19.5 Å². The van der Waals surface area contributed by atoms with Crippen LogP contribution in [0.25, 0.3) is 11.2 Å². The van der Waals surface area contributed by atoms with Crippen molar-refractivity contribution in [2.75, 3.05) is 19.5 Å². The molecule has 2 aromatic heterocycles. The number of carbonyl (C=O) groups excluding carboxylic acids is 2. The first-order valence-electron chi connectivity index (χ1n) is 10.0. The Morgan fingerprint density at radius 2 is 1.97 bits per heavy atom. The quantitative estimate of drug-likeness (QED) is 0.520. The first-order valence-corrected chi connectivity index (χ1v) is 10.0. The molecule has 1 fully saturated rings. The number of nitrogens with zero attached hydrogens (tertiary/aromatic N) is 4. The lowest BCUT2D eigenvalue weighted by molar-refractivity contribution is -0.141. The minimum absolute atomic E-state index is 0.128. The highest BCUT2D eigenvalue weighted by atomic mass is 16.6. The van der Waals surface area contributed by atoms with Crippen LogP contribution in [0.2, 0.25) is 0 Å². The Balaban J connectivity index is 1.58. The molecule has 0 bridgehead atoms. The maximum absolute atomic E-state index is 12.5. The number of anilines is 1. The summed E-state index contributed by atoms with van der Waals surface area (Å²) in [6, 6.07) is 8.73. The van der Waals surface area contributed by atoms with Crippen LogP contribution in [0.15, 0.2) is 43.0 Å². The van der Waals surface area contributed by atoms with Crippen LogP contribution in [0.1, 0.15) is 29.4 Å². The van der Waals surface area contributed by atoms with Gasteiger partial charge in [-0.25, -0.2) is 15.0 Å². The highest BCUT2D eigenvalue weighted by Crippen LogP contribution is 2.35. The normalized spacial score (nSPS) is 22.7. The van der Waals surface area contributed by atoms with E-state index in [-0.39, 0.29) is 24.1 Å². The average Bonchev–Trinajstić information content (AvgIpc) is 3.38. The number of hydrogen-bond acceptors (Lipinski definition) is 9. The van der Waals surface area contributed by atoms with Crippen molar-refractivity contribution in [1.29, 1.82) is 0 Å². The van der Waals surface area contributed by atoms with Crippen molar-refractivity contribution in [2.24, 2.45) is 0 Å². The zero-order valence-electron chi connectivity index (χ0n) is 17.5. The second-order valence-electron chi connectivity index (χ2n) is 7.24. The molecule has 2 N–H and O–H groups in total. The van der Waals surface area contributed by atoms with E-state index in [0.717, 1.165) is 0 Å². The van der Waals surface area contributed by atoms with Gasteiger partial charge in [-0.3, -0.25) is 14.2 Å². The molecule has 11 heteroatoms. The van der Waals surface area contributed by atoms with Crippen LogP contribution < -0.4 is 5.32 Å². The third-order valence-electron chi connectivity index (χ3n) is 5.34. The molecule has 3 aromatic rings. The Kier molecular flexibility index (Phi) is 6.40. The van der Waals surface area contributed by atoms with Gasteiger partial charge in [0, 0.05) is 19.1 Å². The fourth-order valence-corrected chi connectivity index (χ4v) is 3.73. The molecule has 0 aliphatic carbocycles. The first-order chi connectivity index (χ1) is 15.5. The van der Waals surface area contributed by atoms with Gasteiger partial charge in [-0.05, 0) is 18.6 Å². The highest BCUT2D eigenvalue weighted by molar-refractivity contribution is 6.06. The number of aliphatic hydroxyl groups excluding tert-OH is 1. The zero-order chi connectivity index (χ0) is 22.7. The second kappa shape index (κ2) is 9.39. The lowest BCUT2D eigenvalue weighted by Crippen LogP contribution is -2.33. The van der Waals surface area contributed by atoms with E-state index in [9.17, 15) is 14.7 Å². The number of fused-ring (bicyclic) bond motifs is 1. The van der Waals surface area contributed by atoms with E-state index in [4.69, 9.17) is 9.47 Å². The summed E-state index contributed by atoms with van der Waals surface area (Å²) in [6.07, 6.45) is 0.141. The Bertz CT molecular complexity index is 1100. The Hall–Kier alpha value is -3.41. The SMILES string of the molecule is COC(=O)CCC1OC(n2cnc3c(NC(=O)c4ccccc4)ncnc32)C(O)C1OC. The fraction of sp³-hybridized carbons (Fsp3) is 0.381. The summed E-state index contributed by atoms with van der Waals surface area (Å²) in [5.41, 5.74) is 1.19. The zero-order valence-corrected chi connectivity index (χ0v) is 17.5. The Labute approximate surface area is 183 Å². The van der Waals surface area contributed by atoms with Crippen molar-refractivity contribution in [3.63, 3.8) is 0 Å². The average molecular weight is 441 g/mol. The predicted molar refractivity (Wildman–Crippen MR) is 112 cm³/mol. The van der Waals surface area contributed by atoms with Gasteiger partial charge in [0.2, 0.25) is 0 Å². The molecule has 3 heterocycles. The molecule has 4 unspecified atom stereocenters. The van der Waals surface area contributed by atoms with Gasteiger partial charge < -0.3 is 24.6 Å². The van der Waals surface area contributed by atoms with Gasteiger partial charge in [0.15, 0.2) is 23.2 Å². The van der Waals surface area contributed by atoms with Crippen molar-refractivity contribution in [2.45, 2.75) is 37.4 Å². The van der Waals surface area contributed by atoms with E-state index >= 15 is 0 Å². The lowest BCUT2D eigenvalue weighted by Gasteiger charge is -2.18. The third kappa shape index (κ3) is 4.17. The molecule has 32 heavy (non-hydrogen) atoms. The van der Waals surface area contributed by atoms with Crippen LogP contribution in [-0.2, 0) is 19.0 Å². The van der Waals surface area contributed by atoms with Crippen molar-refractivity contribution < 1.29 is 28.9 Å². The van der Waals surface area contributed by atoms with Crippen LogP contribution in [0, 0.1) is 0 Å². The van der Waals surface area contributed by atoms with Crippen molar-refractivity contribution in [3.05, 3.63) is 48.5 Å². The topological polar surface area (TPSA) is 138 Å². The summed E-state index contributed by atoms with van der Waals surface area (Å²) in [5.74, 6) is -0.471. The molecule has 1 aliphatic rings. The van der Waals surface area contributed by atoms with Gasteiger partial charge in [0.1, 0.15) is 18.5 Å². The summed E-state index contributed by atoms with van der Waals surface area (Å²) < 4.78 is 17.7. The summed E-state index contributed by atoms with van der Waals surface area (Å²) in [7, 11) is 2.78. The predicted octanol–water partition coefficient (Wildman–Crippen LogP) is 1.31. The van der Waals surface area contributed by atoms with E-state index in [1.165, 1.54) is 26.9 Å². The maximum atomic E-state index is 12.5. The number of ether oxygens (including phenoxy) is 3. The third-order valence-corrected chi connectivity index (χ3v) is 5.34. The van der Waals surface area contributed by atoms with Crippen molar-refractivity contribution >= 4 is 28.9 Å². The number of carbonyl (C=O) groups is 2. The van der Waals surface area contributed by atoms with Gasteiger partial charge in [-0.2, -0.15) is 0 Å². The van der Waals surface area contributed by atoms with E-state index < -0.39 is 24.5 Å². The molecule has 0 saturated carbocycles. The molecule has 1 amide bonds. The number of hydrogen-bond donors (Lipinski definition) is 2. The van der Waals surface area contributed by atoms with Crippen molar-refractivity contribution in [3.8, 4) is 0 Å². The number of rotatable bonds is 7. The Morgan fingerprint density at radius 1 is 1.19 bits per heavy atom. The molecular formula is C21H23N5O6. The lowest BCUT2D eigenvalue weighted by atomic mass is 10.1. The molecule has 1 aliphatic heterocycles. The largest absolute Gasteiger partial charge is 0.469 e. The maximum Gasteiger partial charge on any atom is 0.305 e. The first kappa shape index (κ1) is 21.8. The minimum Gasteiger partial charge on any atom is -0.469 e. The molecule has 0 spiro atoms. The smallest absolute Gasteiger partial charge is 0.305 e. The van der Waals surface area contributed by atoms with Crippen LogP contribution in [-0.4, -0.2) is 69.0 Å². The molecule has 4 atom stereocenters. The molecule has 0 radical (unpaired) electrons. The number of amides is 1. The number of aromatic nitrogens is 4. The number of nitrogens with one attached hydrogen (secondary N) is 1. The second-order valence-corrected chi connectivity index (χ2v) is 7.24. The number of aliphatic hydroxyl groups is 1. The molecule has 11 nitrogen and oxygen atoms in total. The summed E-state index contributed by atoms with van der Waals surface area (Å²) >= 11 is 0. The monoisotopic (exact) mass is 441 g/mol. The van der Waals surface area contributed by atoms with Gasteiger partial charge in [-0.1, -0.05) is 18.2 Å². The van der Waals surface area contributed by atoms with E-state index in [1.807, 2.05) is 6.07 Å².